The van der Waals surface area contributed by atoms with E-state index in [9.17, 15) is 4.79 Å². The summed E-state index contributed by atoms with van der Waals surface area (Å²) in [5.74, 6) is 2.23. The molecule has 0 bridgehead atoms. The summed E-state index contributed by atoms with van der Waals surface area (Å²) in [6, 6.07) is 15.5. The zero-order valence-electron chi connectivity index (χ0n) is 17.2. The maximum atomic E-state index is 12.2. The van der Waals surface area contributed by atoms with Crippen molar-refractivity contribution in [3.63, 3.8) is 0 Å². The first-order valence-corrected chi connectivity index (χ1v) is 10.3. The standard InChI is InChI=1S/C22H26N4O3S/c1-3-28-18-9-7-17(8-10-18)21-24-25-22(30)26(21)13-11-20(27)23-12-14-29-19-6-4-5-16(2)15-19/h4-10,15H,3,11-14H2,1-2H3,(H,23,27)(H,25,30). The minimum absolute atomic E-state index is 0.0661. The molecule has 3 aromatic rings. The Kier molecular flexibility index (Phi) is 7.62. The highest BCUT2D eigenvalue weighted by atomic mass is 32.1. The second-order valence-electron chi connectivity index (χ2n) is 6.73. The smallest absolute Gasteiger partial charge is 0.221 e. The molecule has 0 unspecified atom stereocenters. The minimum Gasteiger partial charge on any atom is -0.494 e. The van der Waals surface area contributed by atoms with E-state index in [4.69, 9.17) is 21.7 Å². The Hall–Kier alpha value is -3.13. The summed E-state index contributed by atoms with van der Waals surface area (Å²) in [5, 5.41) is 9.99. The van der Waals surface area contributed by atoms with Gasteiger partial charge in [-0.2, -0.15) is 5.10 Å². The number of nitrogens with one attached hydrogen (secondary N) is 2. The summed E-state index contributed by atoms with van der Waals surface area (Å²) in [6.45, 7) is 5.86. The summed E-state index contributed by atoms with van der Waals surface area (Å²) in [4.78, 5) is 12.2. The first-order chi connectivity index (χ1) is 14.6. The van der Waals surface area contributed by atoms with Crippen LogP contribution in [0.15, 0.2) is 48.5 Å². The Morgan fingerprint density at radius 1 is 1.17 bits per heavy atom. The highest BCUT2D eigenvalue weighted by Crippen LogP contribution is 2.21. The van der Waals surface area contributed by atoms with Gasteiger partial charge in [0.05, 0.1) is 13.2 Å². The van der Waals surface area contributed by atoms with E-state index < -0.39 is 0 Å². The Labute approximate surface area is 181 Å². The molecule has 2 aromatic carbocycles. The quantitative estimate of drug-likeness (QED) is 0.380. The lowest BCUT2D eigenvalue weighted by Gasteiger charge is -2.10. The number of aromatic amines is 1. The minimum atomic E-state index is -0.0661. The van der Waals surface area contributed by atoms with Crippen LogP contribution in [0.2, 0.25) is 0 Å². The van der Waals surface area contributed by atoms with Crippen LogP contribution < -0.4 is 14.8 Å². The summed E-state index contributed by atoms with van der Waals surface area (Å²) >= 11 is 5.33. The fourth-order valence-electron chi connectivity index (χ4n) is 2.98. The van der Waals surface area contributed by atoms with Gasteiger partial charge in [-0.3, -0.25) is 14.5 Å². The molecule has 3 rings (SSSR count). The van der Waals surface area contributed by atoms with Crippen LogP contribution in [-0.2, 0) is 11.3 Å². The van der Waals surface area contributed by atoms with E-state index in [1.165, 1.54) is 0 Å². The van der Waals surface area contributed by atoms with Crippen molar-refractivity contribution < 1.29 is 14.3 Å². The van der Waals surface area contributed by atoms with Crippen LogP contribution in [0.25, 0.3) is 11.4 Å². The monoisotopic (exact) mass is 426 g/mol. The number of aryl methyl sites for hydroxylation is 1. The number of nitrogens with zero attached hydrogens (tertiary/aromatic N) is 2. The van der Waals surface area contributed by atoms with Gasteiger partial charge >= 0.3 is 0 Å². The van der Waals surface area contributed by atoms with Crippen molar-refractivity contribution in [1.82, 2.24) is 20.1 Å². The molecule has 1 amide bonds. The van der Waals surface area contributed by atoms with Crippen LogP contribution in [0.1, 0.15) is 18.9 Å². The molecule has 0 fully saturated rings. The predicted molar refractivity (Wildman–Crippen MR) is 118 cm³/mol. The van der Waals surface area contributed by atoms with Crippen LogP contribution in [0, 0.1) is 11.7 Å². The molecule has 0 aliphatic carbocycles. The molecule has 8 heteroatoms. The number of ether oxygens (including phenoxy) is 2. The van der Waals surface area contributed by atoms with Crippen LogP contribution >= 0.6 is 12.2 Å². The number of benzene rings is 2. The van der Waals surface area contributed by atoms with Gasteiger partial charge in [0.2, 0.25) is 5.91 Å². The second kappa shape index (κ2) is 10.6. The van der Waals surface area contributed by atoms with Crippen molar-refractivity contribution in [2.75, 3.05) is 19.8 Å². The molecule has 0 aliphatic heterocycles. The van der Waals surface area contributed by atoms with Gasteiger partial charge in [-0.1, -0.05) is 12.1 Å². The lowest BCUT2D eigenvalue weighted by molar-refractivity contribution is -0.121. The lowest BCUT2D eigenvalue weighted by atomic mass is 10.2. The van der Waals surface area contributed by atoms with Crippen LogP contribution in [0.3, 0.4) is 0 Å². The second-order valence-corrected chi connectivity index (χ2v) is 7.11. The van der Waals surface area contributed by atoms with Crippen molar-refractivity contribution in [3.05, 3.63) is 58.9 Å². The van der Waals surface area contributed by atoms with Gasteiger partial charge in [-0.25, -0.2) is 0 Å². The van der Waals surface area contributed by atoms with Gasteiger partial charge in [-0.05, 0) is 68.0 Å². The number of H-pyrrole nitrogens is 1. The third-order valence-corrected chi connectivity index (χ3v) is 4.74. The van der Waals surface area contributed by atoms with Gasteiger partial charge in [0.1, 0.15) is 18.1 Å². The Balaban J connectivity index is 1.50. The zero-order chi connectivity index (χ0) is 21.3. The molecule has 30 heavy (non-hydrogen) atoms. The maximum absolute atomic E-state index is 12.2. The van der Waals surface area contributed by atoms with Gasteiger partial charge < -0.3 is 14.8 Å². The molecule has 7 nitrogen and oxygen atoms in total. The molecule has 0 radical (unpaired) electrons. The molecule has 0 spiro atoms. The lowest BCUT2D eigenvalue weighted by Crippen LogP contribution is -2.28. The number of carbonyl (C=O) groups excluding carboxylic acids is 1. The SMILES string of the molecule is CCOc1ccc(-c2n[nH]c(=S)n2CCC(=O)NCCOc2cccc(C)c2)cc1. The van der Waals surface area contributed by atoms with E-state index >= 15 is 0 Å². The number of hydrogen-bond donors (Lipinski definition) is 2. The third-order valence-electron chi connectivity index (χ3n) is 4.43. The topological polar surface area (TPSA) is 81.2 Å². The predicted octanol–water partition coefficient (Wildman–Crippen LogP) is 3.90. The van der Waals surface area contributed by atoms with Crippen molar-refractivity contribution in [2.24, 2.45) is 0 Å². The molecule has 1 heterocycles. The van der Waals surface area contributed by atoms with Crippen LogP contribution in [0.4, 0.5) is 0 Å². The molecule has 2 N–H and O–H groups in total. The molecule has 1 aromatic heterocycles. The average molecular weight is 427 g/mol. The number of aromatic nitrogens is 3. The Morgan fingerprint density at radius 2 is 1.97 bits per heavy atom. The third kappa shape index (κ3) is 5.93. The van der Waals surface area contributed by atoms with E-state index in [2.05, 4.69) is 15.5 Å². The number of carbonyl (C=O) groups is 1. The zero-order valence-corrected chi connectivity index (χ0v) is 18.0. The molecule has 0 aliphatic rings. The van der Waals surface area contributed by atoms with Gasteiger partial charge in [-0.15, -0.1) is 0 Å². The first-order valence-electron chi connectivity index (χ1n) is 9.91. The number of hydrogen-bond acceptors (Lipinski definition) is 5. The van der Waals surface area contributed by atoms with E-state index in [0.29, 0.717) is 43.3 Å². The van der Waals surface area contributed by atoms with Crippen LogP contribution in [-0.4, -0.2) is 40.4 Å². The van der Waals surface area contributed by atoms with Crippen LogP contribution in [0.5, 0.6) is 11.5 Å². The van der Waals surface area contributed by atoms with Gasteiger partial charge in [0.25, 0.3) is 0 Å². The van der Waals surface area contributed by atoms with Gasteiger partial charge in [0, 0.05) is 18.5 Å². The molecular weight excluding hydrogens is 400 g/mol. The number of rotatable bonds is 10. The average Bonchev–Trinajstić information content (AvgIpc) is 3.11. The molecule has 0 atom stereocenters. The summed E-state index contributed by atoms with van der Waals surface area (Å²) in [6.07, 6.45) is 0.294. The molecule has 0 saturated heterocycles. The van der Waals surface area contributed by atoms with Gasteiger partial charge in [0.15, 0.2) is 10.6 Å². The Morgan fingerprint density at radius 3 is 2.70 bits per heavy atom. The van der Waals surface area contributed by atoms with Crippen molar-refractivity contribution in [3.8, 4) is 22.9 Å². The molecule has 158 valence electrons. The summed E-state index contributed by atoms with van der Waals surface area (Å²) in [7, 11) is 0. The first kappa shape index (κ1) is 21.6. The highest BCUT2D eigenvalue weighted by molar-refractivity contribution is 7.71. The van der Waals surface area contributed by atoms with Crippen molar-refractivity contribution in [1.29, 1.82) is 0 Å². The summed E-state index contributed by atoms with van der Waals surface area (Å²) < 4.78 is 13.4. The van der Waals surface area contributed by atoms with Crippen molar-refractivity contribution >= 4 is 18.1 Å². The van der Waals surface area contributed by atoms with E-state index in [1.807, 2.05) is 66.9 Å². The van der Waals surface area contributed by atoms with E-state index in [0.717, 1.165) is 22.6 Å². The van der Waals surface area contributed by atoms with E-state index in [-0.39, 0.29) is 5.91 Å². The fraction of sp³-hybridized carbons (Fsp3) is 0.318. The summed E-state index contributed by atoms with van der Waals surface area (Å²) in [5.41, 5.74) is 2.04. The Bertz CT molecular complexity index is 1030. The number of amides is 1. The fourth-order valence-corrected chi connectivity index (χ4v) is 3.20. The highest BCUT2D eigenvalue weighted by Gasteiger charge is 2.11. The van der Waals surface area contributed by atoms with Crippen molar-refractivity contribution in [2.45, 2.75) is 26.8 Å². The van der Waals surface area contributed by atoms with E-state index in [1.54, 1.807) is 0 Å². The molecule has 0 saturated carbocycles. The maximum Gasteiger partial charge on any atom is 0.221 e. The normalized spacial score (nSPS) is 10.6. The largest absolute Gasteiger partial charge is 0.494 e. The molecular formula is C22H26N4O3S.